The Labute approximate surface area is 147 Å². The lowest BCUT2D eigenvalue weighted by molar-refractivity contribution is -0.137. The number of carbonyl (C=O) groups is 2. The van der Waals surface area contributed by atoms with E-state index in [4.69, 9.17) is 11.6 Å². The van der Waals surface area contributed by atoms with Crippen LogP contribution in [0.15, 0.2) is 48.5 Å². The summed E-state index contributed by atoms with van der Waals surface area (Å²) in [6.07, 6.45) is -4.56. The number of rotatable bonds is 4. The van der Waals surface area contributed by atoms with Gasteiger partial charge in [0.05, 0.1) is 16.3 Å². The number of benzene rings is 2. The Kier molecular flexibility index (Phi) is 5.69. The lowest BCUT2D eigenvalue weighted by Gasteiger charge is -2.21. The van der Waals surface area contributed by atoms with E-state index < -0.39 is 17.6 Å². The van der Waals surface area contributed by atoms with Gasteiger partial charge in [0.2, 0.25) is 11.8 Å². The normalized spacial score (nSPS) is 11.1. The number of halogens is 4. The molecule has 0 spiro atoms. The van der Waals surface area contributed by atoms with E-state index in [-0.39, 0.29) is 23.2 Å². The highest BCUT2D eigenvalue weighted by atomic mass is 35.5. The van der Waals surface area contributed by atoms with Gasteiger partial charge in [0.15, 0.2) is 0 Å². The second kappa shape index (κ2) is 7.57. The number of nitrogens with zero attached hydrogens (tertiary/aromatic N) is 1. The summed E-state index contributed by atoms with van der Waals surface area (Å²) in [5.41, 5.74) is -0.600. The highest BCUT2D eigenvalue weighted by Gasteiger charge is 2.31. The molecule has 0 unspecified atom stereocenters. The van der Waals surface area contributed by atoms with Crippen LogP contribution in [-0.2, 0) is 15.8 Å². The van der Waals surface area contributed by atoms with Gasteiger partial charge < -0.3 is 10.2 Å². The molecule has 0 radical (unpaired) electrons. The molecule has 132 valence electrons. The smallest absolute Gasteiger partial charge is 0.323 e. The fourth-order valence-electron chi connectivity index (χ4n) is 2.12. The van der Waals surface area contributed by atoms with Crippen LogP contribution in [0.3, 0.4) is 0 Å². The second-order valence-electron chi connectivity index (χ2n) is 5.18. The molecule has 0 aliphatic carbocycles. The summed E-state index contributed by atoms with van der Waals surface area (Å²) in [6, 6.07) is 11.1. The second-order valence-corrected chi connectivity index (χ2v) is 5.59. The van der Waals surface area contributed by atoms with Gasteiger partial charge in [0, 0.05) is 12.6 Å². The van der Waals surface area contributed by atoms with Crippen molar-refractivity contribution in [3.63, 3.8) is 0 Å². The van der Waals surface area contributed by atoms with Crippen molar-refractivity contribution in [2.24, 2.45) is 0 Å². The van der Waals surface area contributed by atoms with E-state index in [9.17, 15) is 22.8 Å². The Morgan fingerprint density at radius 1 is 1.12 bits per heavy atom. The fraction of sp³-hybridized carbons (Fsp3) is 0.176. The number of anilines is 2. The van der Waals surface area contributed by atoms with Crippen LogP contribution in [0.5, 0.6) is 0 Å². The molecule has 0 bridgehead atoms. The quantitative estimate of drug-likeness (QED) is 0.869. The van der Waals surface area contributed by atoms with Crippen LogP contribution >= 0.6 is 11.6 Å². The minimum absolute atomic E-state index is 0.0320. The highest BCUT2D eigenvalue weighted by molar-refractivity contribution is 6.33. The van der Waals surface area contributed by atoms with Crippen molar-refractivity contribution in [1.82, 2.24) is 0 Å². The van der Waals surface area contributed by atoms with Gasteiger partial charge in [-0.15, -0.1) is 0 Å². The Morgan fingerprint density at radius 3 is 2.32 bits per heavy atom. The maximum Gasteiger partial charge on any atom is 0.416 e. The molecule has 1 N–H and O–H groups in total. The maximum atomic E-state index is 12.8. The van der Waals surface area contributed by atoms with Gasteiger partial charge in [-0.3, -0.25) is 9.59 Å². The summed E-state index contributed by atoms with van der Waals surface area (Å²) >= 11 is 5.84. The number of hydrogen-bond donors (Lipinski definition) is 1. The van der Waals surface area contributed by atoms with Crippen LogP contribution in [0.4, 0.5) is 24.5 Å². The van der Waals surface area contributed by atoms with E-state index in [1.807, 2.05) is 0 Å². The summed E-state index contributed by atoms with van der Waals surface area (Å²) in [5, 5.41) is 2.28. The fourth-order valence-corrected chi connectivity index (χ4v) is 2.29. The maximum absolute atomic E-state index is 12.8. The SMILES string of the molecule is CC(=O)N(CC(=O)Nc1cc(C(F)(F)F)ccc1Cl)c1ccccc1. The van der Waals surface area contributed by atoms with Crippen LogP contribution < -0.4 is 10.2 Å². The van der Waals surface area contributed by atoms with E-state index in [0.29, 0.717) is 5.69 Å². The molecule has 0 heterocycles. The van der Waals surface area contributed by atoms with Gasteiger partial charge in [-0.2, -0.15) is 13.2 Å². The molecule has 0 saturated heterocycles. The summed E-state index contributed by atoms with van der Waals surface area (Å²) < 4.78 is 38.3. The first-order valence-corrected chi connectivity index (χ1v) is 7.56. The number of amides is 2. The summed E-state index contributed by atoms with van der Waals surface area (Å²) in [7, 11) is 0. The standard InChI is InChI=1S/C17H14ClF3N2O2/c1-11(24)23(13-5-3-2-4-6-13)10-16(25)22-15-9-12(17(19,20)21)7-8-14(15)18/h2-9H,10H2,1H3,(H,22,25). The molecular weight excluding hydrogens is 357 g/mol. The predicted octanol–water partition coefficient (Wildman–Crippen LogP) is 4.35. The number of alkyl halides is 3. The molecule has 4 nitrogen and oxygen atoms in total. The topological polar surface area (TPSA) is 49.4 Å². The summed E-state index contributed by atoms with van der Waals surface area (Å²) in [6.45, 7) is 0.934. The molecule has 0 aliphatic heterocycles. The number of carbonyl (C=O) groups excluding carboxylic acids is 2. The van der Waals surface area contributed by atoms with Crippen molar-refractivity contribution in [1.29, 1.82) is 0 Å². The molecule has 2 amide bonds. The first-order chi connectivity index (χ1) is 11.7. The van der Waals surface area contributed by atoms with E-state index in [0.717, 1.165) is 18.2 Å². The van der Waals surface area contributed by atoms with Crippen LogP contribution in [-0.4, -0.2) is 18.4 Å². The van der Waals surface area contributed by atoms with E-state index in [1.54, 1.807) is 30.3 Å². The number of para-hydroxylation sites is 1. The van der Waals surface area contributed by atoms with Gasteiger partial charge in [-0.1, -0.05) is 29.8 Å². The van der Waals surface area contributed by atoms with Crippen molar-refractivity contribution in [2.45, 2.75) is 13.1 Å². The zero-order chi connectivity index (χ0) is 18.6. The molecule has 2 aromatic carbocycles. The molecule has 0 aliphatic rings. The molecule has 0 atom stereocenters. The molecule has 25 heavy (non-hydrogen) atoms. The van der Waals surface area contributed by atoms with Crippen LogP contribution in [0.25, 0.3) is 0 Å². The zero-order valence-electron chi connectivity index (χ0n) is 13.1. The zero-order valence-corrected chi connectivity index (χ0v) is 13.9. The van der Waals surface area contributed by atoms with Gasteiger partial charge in [0.25, 0.3) is 0 Å². The van der Waals surface area contributed by atoms with Crippen molar-refractivity contribution in [3.8, 4) is 0 Å². The van der Waals surface area contributed by atoms with E-state index in [1.165, 1.54) is 11.8 Å². The Bertz CT molecular complexity index is 779. The minimum atomic E-state index is -4.56. The Hall–Kier alpha value is -2.54. The third kappa shape index (κ3) is 4.96. The number of nitrogens with one attached hydrogen (secondary N) is 1. The average molecular weight is 371 g/mol. The van der Waals surface area contributed by atoms with Crippen LogP contribution in [0.2, 0.25) is 5.02 Å². The highest BCUT2D eigenvalue weighted by Crippen LogP contribution is 2.33. The van der Waals surface area contributed by atoms with Crippen LogP contribution in [0.1, 0.15) is 12.5 Å². The minimum Gasteiger partial charge on any atom is -0.323 e. The van der Waals surface area contributed by atoms with Gasteiger partial charge in [-0.25, -0.2) is 0 Å². The van der Waals surface area contributed by atoms with E-state index >= 15 is 0 Å². The van der Waals surface area contributed by atoms with E-state index in [2.05, 4.69) is 5.32 Å². The van der Waals surface area contributed by atoms with Crippen molar-refractivity contribution in [2.75, 3.05) is 16.8 Å². The largest absolute Gasteiger partial charge is 0.416 e. The summed E-state index contributed by atoms with van der Waals surface area (Å²) in [4.78, 5) is 25.1. The van der Waals surface area contributed by atoms with Crippen molar-refractivity contribution >= 4 is 34.8 Å². The molecular formula is C17H14ClF3N2O2. The van der Waals surface area contributed by atoms with Crippen molar-refractivity contribution < 1.29 is 22.8 Å². The lowest BCUT2D eigenvalue weighted by Crippen LogP contribution is -2.36. The van der Waals surface area contributed by atoms with Gasteiger partial charge >= 0.3 is 6.18 Å². The first-order valence-electron chi connectivity index (χ1n) is 7.18. The van der Waals surface area contributed by atoms with Crippen LogP contribution in [0, 0.1) is 0 Å². The van der Waals surface area contributed by atoms with Crippen molar-refractivity contribution in [3.05, 3.63) is 59.1 Å². The Morgan fingerprint density at radius 2 is 1.76 bits per heavy atom. The Balaban J connectivity index is 2.18. The lowest BCUT2D eigenvalue weighted by atomic mass is 10.2. The first kappa shape index (κ1) is 18.8. The third-order valence-electron chi connectivity index (χ3n) is 3.32. The molecule has 8 heteroatoms. The average Bonchev–Trinajstić information content (AvgIpc) is 2.54. The van der Waals surface area contributed by atoms with Gasteiger partial charge in [0.1, 0.15) is 6.54 Å². The predicted molar refractivity (Wildman–Crippen MR) is 89.6 cm³/mol. The molecule has 2 rings (SSSR count). The monoisotopic (exact) mass is 370 g/mol. The molecule has 0 aromatic heterocycles. The number of hydrogen-bond acceptors (Lipinski definition) is 2. The van der Waals surface area contributed by atoms with Gasteiger partial charge in [-0.05, 0) is 30.3 Å². The third-order valence-corrected chi connectivity index (χ3v) is 3.65. The summed E-state index contributed by atoms with van der Waals surface area (Å²) in [5.74, 6) is -1.04. The molecule has 2 aromatic rings. The molecule has 0 fully saturated rings. The molecule has 0 saturated carbocycles.